The first-order valence-electron chi connectivity index (χ1n) is 14.1. The number of fused-ring (bicyclic) bond motifs is 3. The first-order chi connectivity index (χ1) is 20.3. The highest BCUT2D eigenvalue weighted by molar-refractivity contribution is 5.86. The summed E-state index contributed by atoms with van der Waals surface area (Å²) in [7, 11) is 0. The van der Waals surface area contributed by atoms with Gasteiger partial charge in [-0.05, 0) is 97.1 Å². The van der Waals surface area contributed by atoms with E-state index in [1.54, 1.807) is 0 Å². The van der Waals surface area contributed by atoms with Crippen LogP contribution in [0.25, 0.3) is 0 Å². The second kappa shape index (κ2) is 9.76. The Morgan fingerprint density at radius 1 is 0.512 bits per heavy atom. The molecule has 0 bridgehead atoms. The fraction of sp³-hybridized carbons (Fsp3) is 0.0811. The molecule has 2 aliphatic heterocycles. The van der Waals surface area contributed by atoms with Crippen molar-refractivity contribution in [1.82, 2.24) is 0 Å². The van der Waals surface area contributed by atoms with E-state index in [2.05, 4.69) is 107 Å². The molecule has 0 unspecified atom stereocenters. The number of benzene rings is 5. The first-order valence-corrected chi connectivity index (χ1v) is 14.1. The molecule has 198 valence electrons. The first kappa shape index (κ1) is 23.6. The standard InChI is InChI=1S/C37H28N2O2/c1-5-13-34-30(9-1)38(31-10-2-6-14-35(31)40-34)28-21-17-26(18-22-28)25-27-19-23-29(24-20-27)39-32-11-3-7-15-36(32)41-37-16-8-4-12-33(37)39/h1-3,5-11,13-24H,4,12,25H2. The molecular formula is C37H28N2O2. The van der Waals surface area contributed by atoms with Gasteiger partial charge in [0.05, 0.1) is 22.8 Å². The average molecular weight is 533 g/mol. The lowest BCUT2D eigenvalue weighted by molar-refractivity contribution is 0.421. The normalized spacial score (nSPS) is 14.8. The lowest BCUT2D eigenvalue weighted by Crippen LogP contribution is -2.25. The predicted molar refractivity (Wildman–Crippen MR) is 165 cm³/mol. The van der Waals surface area contributed by atoms with Crippen molar-refractivity contribution in [2.24, 2.45) is 0 Å². The fourth-order valence-electron chi connectivity index (χ4n) is 5.98. The number of nitrogens with zero attached hydrogens (tertiary/aromatic N) is 2. The SMILES string of the molecule is C1=CC2=C(CC1)N(c1ccc(Cc3ccc(N4c5ccccc5Oc5ccccc54)cc3)cc1)c1ccccc1O2. The highest BCUT2D eigenvalue weighted by Gasteiger charge is 2.28. The van der Waals surface area contributed by atoms with E-state index in [1.807, 2.05) is 36.4 Å². The van der Waals surface area contributed by atoms with Gasteiger partial charge in [-0.2, -0.15) is 0 Å². The van der Waals surface area contributed by atoms with Crippen molar-refractivity contribution in [3.05, 3.63) is 156 Å². The maximum absolute atomic E-state index is 6.22. The summed E-state index contributed by atoms with van der Waals surface area (Å²) in [5, 5.41) is 0. The third kappa shape index (κ3) is 4.16. The molecule has 3 aliphatic rings. The Kier molecular flexibility index (Phi) is 5.63. The second-order valence-electron chi connectivity index (χ2n) is 10.5. The van der Waals surface area contributed by atoms with Crippen molar-refractivity contribution in [2.45, 2.75) is 19.3 Å². The number of para-hydroxylation sites is 6. The summed E-state index contributed by atoms with van der Waals surface area (Å²) in [5.74, 6) is 3.58. The molecule has 0 atom stereocenters. The molecule has 0 aromatic heterocycles. The van der Waals surface area contributed by atoms with Gasteiger partial charge < -0.3 is 19.3 Å². The van der Waals surface area contributed by atoms with Gasteiger partial charge in [0, 0.05) is 11.4 Å². The summed E-state index contributed by atoms with van der Waals surface area (Å²) in [6.45, 7) is 0. The summed E-state index contributed by atoms with van der Waals surface area (Å²) in [5.41, 5.74) is 9.24. The lowest BCUT2D eigenvalue weighted by Gasteiger charge is -2.35. The average Bonchev–Trinajstić information content (AvgIpc) is 3.03. The van der Waals surface area contributed by atoms with E-state index in [4.69, 9.17) is 9.47 Å². The van der Waals surface area contributed by atoms with Crippen LogP contribution >= 0.6 is 0 Å². The monoisotopic (exact) mass is 532 g/mol. The van der Waals surface area contributed by atoms with E-state index >= 15 is 0 Å². The highest BCUT2D eigenvalue weighted by Crippen LogP contribution is 2.50. The van der Waals surface area contributed by atoms with Crippen LogP contribution in [0.4, 0.5) is 28.4 Å². The van der Waals surface area contributed by atoms with Crippen LogP contribution < -0.4 is 19.3 Å². The zero-order valence-corrected chi connectivity index (χ0v) is 22.5. The minimum absolute atomic E-state index is 0.866. The predicted octanol–water partition coefficient (Wildman–Crippen LogP) is 9.94. The Hall–Kier alpha value is -5.22. The van der Waals surface area contributed by atoms with Crippen molar-refractivity contribution < 1.29 is 9.47 Å². The molecule has 4 nitrogen and oxygen atoms in total. The molecule has 5 aromatic rings. The van der Waals surface area contributed by atoms with Crippen LogP contribution in [0.2, 0.25) is 0 Å². The van der Waals surface area contributed by atoms with E-state index < -0.39 is 0 Å². The van der Waals surface area contributed by atoms with Crippen LogP contribution in [0.1, 0.15) is 24.0 Å². The van der Waals surface area contributed by atoms with E-state index in [0.717, 1.165) is 70.7 Å². The minimum Gasteiger partial charge on any atom is -0.453 e. The lowest BCUT2D eigenvalue weighted by atomic mass is 10.0. The van der Waals surface area contributed by atoms with Crippen molar-refractivity contribution in [3.63, 3.8) is 0 Å². The molecule has 0 saturated heterocycles. The smallest absolute Gasteiger partial charge is 0.151 e. The van der Waals surface area contributed by atoms with Gasteiger partial charge in [-0.1, -0.05) is 66.7 Å². The van der Waals surface area contributed by atoms with Crippen molar-refractivity contribution in [3.8, 4) is 17.2 Å². The molecule has 1 aliphatic carbocycles. The number of hydrogen-bond acceptors (Lipinski definition) is 4. The third-order valence-electron chi connectivity index (χ3n) is 7.93. The van der Waals surface area contributed by atoms with Gasteiger partial charge in [-0.25, -0.2) is 0 Å². The molecule has 8 rings (SSSR count). The summed E-state index contributed by atoms with van der Waals surface area (Å²) >= 11 is 0. The van der Waals surface area contributed by atoms with E-state index in [1.165, 1.54) is 16.8 Å². The minimum atomic E-state index is 0.866. The zero-order chi connectivity index (χ0) is 27.2. The number of ether oxygens (including phenoxy) is 2. The number of allylic oxidation sites excluding steroid dienone is 3. The van der Waals surface area contributed by atoms with Gasteiger partial charge in [0.25, 0.3) is 0 Å². The largest absolute Gasteiger partial charge is 0.453 e. The van der Waals surface area contributed by atoms with Crippen molar-refractivity contribution in [2.75, 3.05) is 9.80 Å². The number of hydrogen-bond donors (Lipinski definition) is 0. The molecule has 5 aromatic carbocycles. The van der Waals surface area contributed by atoms with Crippen molar-refractivity contribution >= 4 is 28.4 Å². The highest BCUT2D eigenvalue weighted by atomic mass is 16.5. The molecule has 0 amide bonds. The molecule has 2 heterocycles. The van der Waals surface area contributed by atoms with Gasteiger partial charge >= 0.3 is 0 Å². The molecule has 0 saturated carbocycles. The molecular weight excluding hydrogens is 504 g/mol. The maximum atomic E-state index is 6.22. The second-order valence-corrected chi connectivity index (χ2v) is 10.5. The van der Waals surface area contributed by atoms with E-state index in [0.29, 0.717) is 0 Å². The van der Waals surface area contributed by atoms with Gasteiger partial charge in [-0.3, -0.25) is 0 Å². The van der Waals surface area contributed by atoms with Gasteiger partial charge in [0.1, 0.15) is 5.76 Å². The Balaban J connectivity index is 1.06. The fourth-order valence-corrected chi connectivity index (χ4v) is 5.98. The van der Waals surface area contributed by atoms with E-state index in [-0.39, 0.29) is 0 Å². The Bertz CT molecular complexity index is 1770. The third-order valence-corrected chi connectivity index (χ3v) is 7.93. The molecule has 0 radical (unpaired) electrons. The van der Waals surface area contributed by atoms with E-state index in [9.17, 15) is 0 Å². The van der Waals surface area contributed by atoms with Crippen LogP contribution in [0.3, 0.4) is 0 Å². The zero-order valence-electron chi connectivity index (χ0n) is 22.5. The molecule has 41 heavy (non-hydrogen) atoms. The van der Waals surface area contributed by atoms with Crippen LogP contribution in [-0.2, 0) is 6.42 Å². The van der Waals surface area contributed by atoms with Gasteiger partial charge in [0.2, 0.25) is 0 Å². The summed E-state index contributed by atoms with van der Waals surface area (Å²) in [6.07, 6.45) is 7.15. The molecule has 0 spiro atoms. The summed E-state index contributed by atoms with van der Waals surface area (Å²) in [6, 6.07) is 42.5. The van der Waals surface area contributed by atoms with Gasteiger partial charge in [-0.15, -0.1) is 0 Å². The quantitative estimate of drug-likeness (QED) is 0.226. The van der Waals surface area contributed by atoms with Crippen molar-refractivity contribution in [1.29, 1.82) is 0 Å². The van der Waals surface area contributed by atoms with Crippen LogP contribution in [-0.4, -0.2) is 0 Å². The molecule has 0 N–H and O–H groups in total. The van der Waals surface area contributed by atoms with Gasteiger partial charge in [0.15, 0.2) is 17.2 Å². The maximum Gasteiger partial charge on any atom is 0.151 e. The summed E-state index contributed by atoms with van der Waals surface area (Å²) in [4.78, 5) is 4.63. The topological polar surface area (TPSA) is 24.9 Å². The molecule has 4 heteroatoms. The van der Waals surface area contributed by atoms with Crippen LogP contribution in [0.15, 0.2) is 145 Å². The Morgan fingerprint density at radius 2 is 1.00 bits per heavy atom. The summed E-state index contributed by atoms with van der Waals surface area (Å²) < 4.78 is 12.4. The number of anilines is 5. The van der Waals surface area contributed by atoms with Crippen LogP contribution in [0, 0.1) is 0 Å². The number of rotatable bonds is 4. The van der Waals surface area contributed by atoms with Crippen LogP contribution in [0.5, 0.6) is 17.2 Å². The molecule has 0 fully saturated rings. The Labute approximate surface area is 240 Å². The Morgan fingerprint density at radius 3 is 1.59 bits per heavy atom.